The molecular weight excluding hydrogens is 1470 g/mol. The minimum Gasteiger partial charge on any atom is -1.00 e. The van der Waals surface area contributed by atoms with Gasteiger partial charge in [-0.05, 0) is 86.3 Å². The second kappa shape index (κ2) is 52.9. The van der Waals surface area contributed by atoms with Crippen LogP contribution >= 0.6 is 11.6 Å². The first kappa shape index (κ1) is 92.3. The Kier molecular flexibility index (Phi) is 44.4. The van der Waals surface area contributed by atoms with E-state index in [1.165, 1.54) is 85.9 Å². The molecular formula is C71H113Cl2N21O16. The van der Waals surface area contributed by atoms with Gasteiger partial charge in [0.2, 0.25) is 34.6 Å². The molecule has 2 aromatic carbocycles. The second-order valence-electron chi connectivity index (χ2n) is 23.9. The first-order valence-electron chi connectivity index (χ1n) is 36.5. The van der Waals surface area contributed by atoms with Crippen molar-refractivity contribution in [2.24, 2.45) is 5.73 Å². The molecule has 39 heteroatoms. The van der Waals surface area contributed by atoms with Gasteiger partial charge in [0.15, 0.2) is 34.6 Å². The summed E-state index contributed by atoms with van der Waals surface area (Å²) in [6, 6.07) is 8.46. The Balaban J connectivity index is 0.000000521. The maximum absolute atomic E-state index is 12.5. The highest BCUT2D eigenvalue weighted by atomic mass is 35.5. The number of morpholine rings is 2. The quantitative estimate of drug-likeness (QED) is 0.0237. The molecule has 0 radical (unpaired) electrons. The first-order chi connectivity index (χ1) is 53.7. The molecule has 0 bridgehead atoms. The van der Waals surface area contributed by atoms with E-state index in [1.807, 2.05) is 12.1 Å². The van der Waals surface area contributed by atoms with Crippen molar-refractivity contribution in [2.45, 2.75) is 105 Å². The van der Waals surface area contributed by atoms with Gasteiger partial charge in [0.25, 0.3) is 0 Å². The number of quaternary nitrogens is 1. The largest absolute Gasteiger partial charge is 1.00 e. The van der Waals surface area contributed by atoms with Gasteiger partial charge in [0, 0.05) is 71.6 Å². The van der Waals surface area contributed by atoms with Gasteiger partial charge in [-0.2, -0.15) is 29.9 Å². The molecule has 2 saturated heterocycles. The minimum absolute atomic E-state index is 0. The summed E-state index contributed by atoms with van der Waals surface area (Å²) in [4.78, 5) is 78.8. The normalized spacial score (nSPS) is 12.5. The van der Waals surface area contributed by atoms with Crippen LogP contribution in [0.25, 0.3) is 0 Å². The summed E-state index contributed by atoms with van der Waals surface area (Å²) < 4.78 is 85.8. The number of benzene rings is 2. The number of ether oxygens (including phenoxy) is 14. The number of nitrogens with one attached hydrogen (secondary N) is 1. The summed E-state index contributed by atoms with van der Waals surface area (Å²) in [5.41, 5.74) is 31.7. The third-order valence-corrected chi connectivity index (χ3v) is 16.2. The number of hydrogen-bond acceptors (Lipinski definition) is 36. The third kappa shape index (κ3) is 33.8. The van der Waals surface area contributed by atoms with Crippen molar-refractivity contribution in [1.29, 1.82) is 0 Å². The summed E-state index contributed by atoms with van der Waals surface area (Å²) in [7, 11) is 21.7. The van der Waals surface area contributed by atoms with Gasteiger partial charge in [-0.3, -0.25) is 14.1 Å². The van der Waals surface area contributed by atoms with Crippen LogP contribution in [0.15, 0.2) is 36.7 Å². The number of halogens is 2. The number of carbonyl (C=O) groups is 2. The zero-order valence-corrected chi connectivity index (χ0v) is 67.2. The van der Waals surface area contributed by atoms with Crippen LogP contribution < -0.4 is 108 Å². The van der Waals surface area contributed by atoms with Crippen LogP contribution in [0.1, 0.15) is 117 Å². The number of likely N-dealkylation sites (N-methyl/N-ethyl adjacent to an activating group) is 2. The van der Waals surface area contributed by atoms with Gasteiger partial charge in [0.05, 0.1) is 105 Å². The maximum atomic E-state index is 12.5. The van der Waals surface area contributed by atoms with Gasteiger partial charge >= 0.3 is 42.0 Å². The van der Waals surface area contributed by atoms with Crippen LogP contribution in [0.4, 0.5) is 35.4 Å². The Labute approximate surface area is 658 Å². The molecule has 0 atom stereocenters. The molecule has 37 nitrogen and oxygen atoms in total. The molecule has 7 heterocycles. The fourth-order valence-corrected chi connectivity index (χ4v) is 10.2. The molecule has 0 aliphatic carbocycles. The average molecular weight is 1590 g/mol. The van der Waals surface area contributed by atoms with E-state index in [0.717, 1.165) is 127 Å². The topological polar surface area (TPSA) is 476 Å². The zero-order chi connectivity index (χ0) is 81.9. The summed E-state index contributed by atoms with van der Waals surface area (Å²) in [6.07, 6.45) is 14.8. The van der Waals surface area contributed by atoms with E-state index < -0.39 is 0 Å². The lowest BCUT2D eigenvalue weighted by Gasteiger charge is -2.34. The van der Waals surface area contributed by atoms with Gasteiger partial charge in [-0.1, -0.05) is 53.3 Å². The minimum atomic E-state index is -0.0758. The van der Waals surface area contributed by atoms with E-state index in [1.54, 1.807) is 24.5 Å². The predicted molar refractivity (Wildman–Crippen MR) is 414 cm³/mol. The van der Waals surface area contributed by atoms with E-state index >= 15 is 0 Å². The molecule has 110 heavy (non-hydrogen) atoms. The average Bonchev–Trinajstić information content (AvgIpc) is 0.823. The van der Waals surface area contributed by atoms with Crippen molar-refractivity contribution in [1.82, 2.24) is 74.2 Å². The summed E-state index contributed by atoms with van der Waals surface area (Å²) >= 11 is 5.49. The fraction of sp³-hybridized carbons (Fsp3) is 0.563. The van der Waals surface area contributed by atoms with Crippen LogP contribution in [-0.2, 0) is 31.9 Å². The summed E-state index contributed by atoms with van der Waals surface area (Å²) in [6.45, 7) is 8.39. The number of ketones is 2. The number of unbranched alkanes of at least 4 members (excludes halogenated alkanes) is 8. The molecule has 2 aliphatic rings. The fourth-order valence-electron chi connectivity index (χ4n) is 10.0. The molecule has 7 aromatic rings. The van der Waals surface area contributed by atoms with Crippen LogP contribution in [0.2, 0.25) is 5.28 Å². The molecule has 612 valence electrons. The maximum Gasteiger partial charge on any atom is 0.338 e. The third-order valence-electron chi connectivity index (χ3n) is 16.0. The molecule has 0 saturated carbocycles. The summed E-state index contributed by atoms with van der Waals surface area (Å²) in [5, 5.41) is 3.19. The Bertz CT molecular complexity index is 3720. The monoisotopic (exact) mass is 1590 g/mol. The van der Waals surface area contributed by atoms with Crippen molar-refractivity contribution in [3.8, 4) is 70.6 Å². The number of nitrogen functional groups attached to an aromatic ring is 4. The Morgan fingerprint density at radius 1 is 0.527 bits per heavy atom. The van der Waals surface area contributed by atoms with E-state index in [9.17, 15) is 9.59 Å². The van der Waals surface area contributed by atoms with Gasteiger partial charge in [0.1, 0.15) is 37.9 Å². The number of rotatable bonds is 37. The number of anilines is 5. The lowest BCUT2D eigenvalue weighted by molar-refractivity contribution is -0.121. The Morgan fingerprint density at radius 2 is 0.882 bits per heavy atom. The van der Waals surface area contributed by atoms with Gasteiger partial charge < -0.3 is 118 Å². The van der Waals surface area contributed by atoms with E-state index in [-0.39, 0.29) is 90.4 Å². The van der Waals surface area contributed by atoms with Crippen LogP contribution in [0.3, 0.4) is 0 Å². The Morgan fingerprint density at radius 3 is 1.24 bits per heavy atom. The summed E-state index contributed by atoms with van der Waals surface area (Å²) in [5.74, 6) is 4.57. The second-order valence-corrected chi connectivity index (χ2v) is 24.2. The van der Waals surface area contributed by atoms with E-state index in [0.29, 0.717) is 114 Å². The SMILES string of the molecule is CN1CCOCC1.COc1cc(Cc2cnc(N)nc2N)cc(OC)c1OCC(=O)CCCCCCCN.COc1nc(Cl)nc(OC)n1.COc1nc(NCCCCCCCC(=O)COc2c(OC)cc(Cc3cnc(N)nc3N)cc2OC)nc(OC)n1.COc1nc(OC)nc([N+]2(C)CCOCC2)n1.[2H]C.[3H]C.[Cl-]. The highest BCUT2D eigenvalue weighted by Crippen LogP contribution is 2.41. The number of aromatic nitrogens is 13. The molecule has 11 N–H and O–H groups in total. The Hall–Kier alpha value is -10.0. The molecule has 9 rings (SSSR count). The van der Waals surface area contributed by atoms with Crippen molar-refractivity contribution >= 4 is 58.6 Å². The van der Waals surface area contributed by atoms with Crippen LogP contribution in [0.5, 0.6) is 70.6 Å². The zero-order valence-electron chi connectivity index (χ0n) is 67.7. The van der Waals surface area contributed by atoms with Crippen LogP contribution in [-0.4, -0.2) is 245 Å². The molecule has 0 amide bonds. The van der Waals surface area contributed by atoms with Crippen molar-refractivity contribution in [3.63, 3.8) is 0 Å². The predicted octanol–water partition coefficient (Wildman–Crippen LogP) is 3.97. The number of carbonyl (C=O) groups excluding carboxylic acids is 2. The smallest absolute Gasteiger partial charge is 0.338 e. The van der Waals surface area contributed by atoms with Gasteiger partial charge in [-0.25, -0.2) is 9.97 Å². The van der Waals surface area contributed by atoms with E-state index in [2.05, 4.69) is 89.1 Å². The highest BCUT2D eigenvalue weighted by molar-refractivity contribution is 6.28. The van der Waals surface area contributed by atoms with Crippen molar-refractivity contribution < 1.29 is 91.1 Å². The molecule has 0 spiro atoms. The standard InChI is InChI=1S/C27H38N8O6.C22H33N5O4.C10H17N4O3.C5H6ClN3O2.C5H11NO.2CH4.ClH/c1-37-20-13-17(12-18-15-31-24(29)32-23(18)28)14-21(38-2)22(20)41-16-19(36)10-8-6-5-7-9-11-30-25-33-26(39-3)35-27(34-25)40-4;1-29-18-11-15(10-16-13-26-22(25)27-21(16)24)12-19(30-2)20(18)31-14-17(28)8-6-4-3-5-7-9-23;1-14(4-6-17-7-5-14)8-11-9(15-2)13-10(12-8)16-3;1-10-4-7-3(6)8-5(9-4)11-2;1-6-2-4-7-5-3-6;;;/h13-15H,5-12,16H2,1-4H3,(H4,28,29,31,32)(H,30,33,34,35);11-13H,3-10,14,23H2,1-2H3,(H4,24,25,26,27);4-7H2,1-3H3;1-2H3;2-5H2,1H3;2*1H4;1H/q;;+1;;;;;/p-1/i;;;;;1T;1D;. The lowest BCUT2D eigenvalue weighted by Crippen LogP contribution is -3.00. The number of nitrogens with two attached hydrogens (primary N) is 5. The number of methoxy groups -OCH3 is 10. The first-order valence-corrected chi connectivity index (χ1v) is 34.9. The number of Topliss-reactive ketones (excluding diaryl/α,β-unsaturated/α-hetero) is 2. The molecule has 2 aliphatic heterocycles. The van der Waals surface area contributed by atoms with E-state index in [4.69, 9.17) is 109 Å². The number of nitrogens with zero attached hydrogens (tertiary/aromatic N) is 15. The number of hydrogen-bond donors (Lipinski definition) is 6. The van der Waals surface area contributed by atoms with Crippen molar-refractivity contribution in [3.05, 3.63) is 64.2 Å². The van der Waals surface area contributed by atoms with Crippen molar-refractivity contribution in [2.75, 3.05) is 192 Å². The van der Waals surface area contributed by atoms with Crippen LogP contribution in [0, 0.1) is 0 Å². The molecule has 2 fully saturated rings. The lowest BCUT2D eigenvalue weighted by atomic mass is 10.1. The molecule has 0 unspecified atom stereocenters. The molecule has 5 aromatic heterocycles. The highest BCUT2D eigenvalue weighted by Gasteiger charge is 2.33. The van der Waals surface area contributed by atoms with Gasteiger partial charge in [-0.15, -0.1) is 24.9 Å².